The van der Waals surface area contributed by atoms with Crippen molar-refractivity contribution >= 4 is 5.97 Å². The van der Waals surface area contributed by atoms with E-state index in [0.29, 0.717) is 6.61 Å². The van der Waals surface area contributed by atoms with Gasteiger partial charge < -0.3 is 4.74 Å². The molecule has 1 rings (SSSR count). The van der Waals surface area contributed by atoms with Crippen molar-refractivity contribution < 1.29 is 9.53 Å². The molecule has 0 aromatic rings. The maximum atomic E-state index is 9.82. The van der Waals surface area contributed by atoms with Crippen molar-refractivity contribution in [3.05, 3.63) is 0 Å². The third kappa shape index (κ3) is 11.4. The van der Waals surface area contributed by atoms with E-state index in [1.165, 1.54) is 45.4 Å². The minimum atomic E-state index is -0.211. The minimum absolute atomic E-state index is 0. The normalized spacial score (nSPS) is 15.7. The Bertz CT molecular complexity index is 137. The molecule has 1 aliphatic rings. The first kappa shape index (κ1) is 16.9. The van der Waals surface area contributed by atoms with Crippen LogP contribution in [0.5, 0.6) is 0 Å². The molecular weight excluding hydrogens is 188 g/mol. The lowest BCUT2D eigenvalue weighted by atomic mass is 9.88. The largest absolute Gasteiger partial charge is 0.466 e. The summed E-state index contributed by atoms with van der Waals surface area (Å²) in [6, 6.07) is 0. The zero-order chi connectivity index (χ0) is 10.8. The van der Waals surface area contributed by atoms with Gasteiger partial charge in [-0.05, 0) is 12.8 Å². The number of rotatable bonds is 2. The van der Waals surface area contributed by atoms with Gasteiger partial charge in [0.15, 0.2) is 0 Å². The summed E-state index contributed by atoms with van der Waals surface area (Å²) in [6.45, 7) is 5.97. The third-order valence-corrected chi connectivity index (χ3v) is 2.65. The van der Waals surface area contributed by atoms with E-state index in [1.807, 2.05) is 0 Å². The van der Waals surface area contributed by atoms with Gasteiger partial charge in [0, 0.05) is 6.92 Å². The number of ether oxygens (including phenoxy) is 1. The molecular formula is C13H28O2. The number of esters is 1. The molecule has 2 nitrogen and oxygen atoms in total. The van der Waals surface area contributed by atoms with E-state index in [0.717, 1.165) is 5.92 Å². The first-order valence-electron chi connectivity index (χ1n) is 5.84. The highest BCUT2D eigenvalue weighted by Gasteiger charge is 2.09. The molecule has 2 heteroatoms. The number of hydrogen-bond acceptors (Lipinski definition) is 2. The zero-order valence-electron chi connectivity index (χ0n) is 9.84. The molecule has 0 heterocycles. The van der Waals surface area contributed by atoms with Crippen molar-refractivity contribution in [3.8, 4) is 0 Å². The predicted molar refractivity (Wildman–Crippen MR) is 65.9 cm³/mol. The predicted octanol–water partition coefficient (Wildman–Crippen LogP) is 4.18. The molecule has 1 fully saturated rings. The topological polar surface area (TPSA) is 26.3 Å². The lowest BCUT2D eigenvalue weighted by Crippen LogP contribution is -2.03. The molecule has 0 aromatic carbocycles. The van der Waals surface area contributed by atoms with Crippen LogP contribution in [0.3, 0.4) is 0 Å². The van der Waals surface area contributed by atoms with Gasteiger partial charge in [-0.1, -0.05) is 52.9 Å². The molecule has 1 aliphatic carbocycles. The summed E-state index contributed by atoms with van der Waals surface area (Å²) in [5, 5.41) is 0. The molecule has 92 valence electrons. The second-order valence-corrected chi connectivity index (χ2v) is 3.84. The van der Waals surface area contributed by atoms with Crippen molar-refractivity contribution in [1.82, 2.24) is 0 Å². The Morgan fingerprint density at radius 1 is 1.20 bits per heavy atom. The van der Waals surface area contributed by atoms with Gasteiger partial charge in [-0.15, -0.1) is 0 Å². The minimum Gasteiger partial charge on any atom is -0.466 e. The van der Waals surface area contributed by atoms with Gasteiger partial charge in [0.25, 0.3) is 0 Å². The van der Waals surface area contributed by atoms with E-state index in [4.69, 9.17) is 0 Å². The molecule has 0 aromatic heterocycles. The Labute approximate surface area is 95.4 Å². The van der Waals surface area contributed by atoms with Gasteiger partial charge in [-0.3, -0.25) is 4.79 Å². The summed E-state index contributed by atoms with van der Waals surface area (Å²) in [6.07, 6.45) is 8.93. The molecule has 15 heavy (non-hydrogen) atoms. The van der Waals surface area contributed by atoms with Crippen molar-refractivity contribution in [1.29, 1.82) is 0 Å². The van der Waals surface area contributed by atoms with Gasteiger partial charge in [0.1, 0.15) is 0 Å². The molecule has 0 amide bonds. The van der Waals surface area contributed by atoms with Crippen LogP contribution in [-0.2, 0) is 9.53 Å². The molecule has 0 N–H and O–H groups in total. The Morgan fingerprint density at radius 3 is 1.93 bits per heavy atom. The van der Waals surface area contributed by atoms with Crippen LogP contribution in [0.15, 0.2) is 0 Å². The van der Waals surface area contributed by atoms with E-state index < -0.39 is 0 Å². The van der Waals surface area contributed by atoms with Crippen LogP contribution in [0.1, 0.15) is 66.7 Å². The molecule has 0 atom stereocenters. The Balaban J connectivity index is 0. The Morgan fingerprint density at radius 2 is 1.73 bits per heavy atom. The summed E-state index contributed by atoms with van der Waals surface area (Å²) in [5.41, 5.74) is 0. The fourth-order valence-corrected chi connectivity index (χ4v) is 1.80. The first-order chi connectivity index (χ1) is 6.70. The van der Waals surface area contributed by atoms with Crippen molar-refractivity contribution in [2.75, 3.05) is 6.61 Å². The summed E-state index contributed by atoms with van der Waals surface area (Å²) in [4.78, 5) is 9.82. The summed E-state index contributed by atoms with van der Waals surface area (Å²) in [7, 11) is 0. The second-order valence-electron chi connectivity index (χ2n) is 3.84. The standard InChI is InChI=1S/C8H16.C4H8O2.CH4/c1-2-8-6-4-3-5-7-8;1-3-6-4(2)5;/h8H,2-7H2,1H3;3H2,1-2H3;1H4. The van der Waals surface area contributed by atoms with Gasteiger partial charge in [-0.25, -0.2) is 0 Å². The lowest BCUT2D eigenvalue weighted by Gasteiger charge is -2.18. The van der Waals surface area contributed by atoms with Crippen LogP contribution in [-0.4, -0.2) is 12.6 Å². The Hall–Kier alpha value is -0.530. The maximum absolute atomic E-state index is 9.82. The van der Waals surface area contributed by atoms with Gasteiger partial charge in [-0.2, -0.15) is 0 Å². The van der Waals surface area contributed by atoms with Crippen molar-refractivity contribution in [2.24, 2.45) is 5.92 Å². The number of hydrogen-bond donors (Lipinski definition) is 0. The molecule has 0 radical (unpaired) electrons. The summed E-state index contributed by atoms with van der Waals surface area (Å²) >= 11 is 0. The van der Waals surface area contributed by atoms with E-state index >= 15 is 0 Å². The highest BCUT2D eigenvalue weighted by atomic mass is 16.5. The average Bonchev–Trinajstić information content (AvgIpc) is 2.20. The zero-order valence-corrected chi connectivity index (χ0v) is 9.84. The fraction of sp³-hybridized carbons (Fsp3) is 0.923. The maximum Gasteiger partial charge on any atom is 0.302 e. The van der Waals surface area contributed by atoms with E-state index in [2.05, 4.69) is 11.7 Å². The van der Waals surface area contributed by atoms with Crippen LogP contribution >= 0.6 is 0 Å². The monoisotopic (exact) mass is 216 g/mol. The van der Waals surface area contributed by atoms with E-state index in [1.54, 1.807) is 6.92 Å². The SMILES string of the molecule is C.CCC1CCCCC1.CCOC(C)=O. The smallest absolute Gasteiger partial charge is 0.302 e. The average molecular weight is 216 g/mol. The molecule has 0 aliphatic heterocycles. The van der Waals surface area contributed by atoms with Crippen LogP contribution in [0, 0.1) is 5.92 Å². The lowest BCUT2D eigenvalue weighted by molar-refractivity contribution is -0.140. The molecule has 0 unspecified atom stereocenters. The molecule has 0 spiro atoms. The number of carbonyl (C=O) groups excluding carboxylic acids is 1. The molecule has 0 saturated heterocycles. The molecule has 0 bridgehead atoms. The van der Waals surface area contributed by atoms with Gasteiger partial charge >= 0.3 is 5.97 Å². The highest BCUT2D eigenvalue weighted by molar-refractivity contribution is 5.65. The summed E-state index contributed by atoms with van der Waals surface area (Å²) < 4.78 is 4.40. The fourth-order valence-electron chi connectivity index (χ4n) is 1.80. The van der Waals surface area contributed by atoms with Crippen molar-refractivity contribution in [3.63, 3.8) is 0 Å². The van der Waals surface area contributed by atoms with Gasteiger partial charge in [0.05, 0.1) is 6.61 Å². The van der Waals surface area contributed by atoms with Crippen LogP contribution in [0.4, 0.5) is 0 Å². The van der Waals surface area contributed by atoms with Gasteiger partial charge in [0.2, 0.25) is 0 Å². The van der Waals surface area contributed by atoms with E-state index in [9.17, 15) is 4.79 Å². The Kier molecular flexibility index (Phi) is 13.0. The molecule has 1 saturated carbocycles. The third-order valence-electron chi connectivity index (χ3n) is 2.65. The quantitative estimate of drug-likeness (QED) is 0.647. The number of carbonyl (C=O) groups is 1. The second kappa shape index (κ2) is 11.5. The summed E-state index contributed by atoms with van der Waals surface area (Å²) in [5.74, 6) is 0.876. The van der Waals surface area contributed by atoms with Crippen LogP contribution in [0.25, 0.3) is 0 Å². The van der Waals surface area contributed by atoms with E-state index in [-0.39, 0.29) is 13.4 Å². The first-order valence-corrected chi connectivity index (χ1v) is 5.84. The highest BCUT2D eigenvalue weighted by Crippen LogP contribution is 2.25. The van der Waals surface area contributed by atoms with Crippen LogP contribution in [0.2, 0.25) is 0 Å². The van der Waals surface area contributed by atoms with Crippen molar-refractivity contribution in [2.45, 2.75) is 66.7 Å². The van der Waals surface area contributed by atoms with Crippen LogP contribution < -0.4 is 0 Å².